The Hall–Kier alpha value is -2.34. The van der Waals surface area contributed by atoms with Crippen LogP contribution >= 0.6 is 11.8 Å². The molecule has 4 nitrogen and oxygen atoms in total. The minimum atomic E-state index is -0.476. The summed E-state index contributed by atoms with van der Waals surface area (Å²) in [6, 6.07) is 12.0. The van der Waals surface area contributed by atoms with Crippen LogP contribution < -0.4 is 10.6 Å². The predicted molar refractivity (Wildman–Crippen MR) is 96.9 cm³/mol. The van der Waals surface area contributed by atoms with Crippen LogP contribution in [0.4, 0.5) is 15.8 Å². The topological polar surface area (TPSA) is 58.2 Å². The number of amides is 2. The van der Waals surface area contributed by atoms with Crippen molar-refractivity contribution < 1.29 is 14.0 Å². The van der Waals surface area contributed by atoms with Crippen LogP contribution in [-0.2, 0) is 9.59 Å². The molecule has 24 heavy (non-hydrogen) atoms. The van der Waals surface area contributed by atoms with E-state index in [1.54, 1.807) is 12.1 Å². The van der Waals surface area contributed by atoms with E-state index in [0.29, 0.717) is 0 Å². The van der Waals surface area contributed by atoms with Crippen molar-refractivity contribution in [1.82, 2.24) is 0 Å². The number of nitrogens with one attached hydrogen (secondary N) is 2. The van der Waals surface area contributed by atoms with Gasteiger partial charge in [-0.1, -0.05) is 18.2 Å². The van der Waals surface area contributed by atoms with Crippen molar-refractivity contribution in [3.63, 3.8) is 0 Å². The van der Waals surface area contributed by atoms with Gasteiger partial charge in [-0.2, -0.15) is 0 Å². The van der Waals surface area contributed by atoms with Gasteiger partial charge in [0.15, 0.2) is 0 Å². The lowest BCUT2D eigenvalue weighted by molar-refractivity contribution is -0.114. The average Bonchev–Trinajstić information content (AvgIpc) is 2.51. The zero-order valence-electron chi connectivity index (χ0n) is 13.6. The zero-order chi connectivity index (χ0) is 17.5. The second kappa shape index (κ2) is 8.49. The Balaban J connectivity index is 1.76. The molecule has 0 aliphatic heterocycles. The van der Waals surface area contributed by atoms with Crippen molar-refractivity contribution in [2.75, 3.05) is 22.1 Å². The van der Waals surface area contributed by atoms with Gasteiger partial charge in [0.2, 0.25) is 11.8 Å². The van der Waals surface area contributed by atoms with Crippen LogP contribution in [-0.4, -0.2) is 23.3 Å². The van der Waals surface area contributed by atoms with Crippen molar-refractivity contribution in [3.05, 3.63) is 59.4 Å². The summed E-state index contributed by atoms with van der Waals surface area (Å²) in [5.74, 6) is -0.768. The Morgan fingerprint density at radius 1 is 0.958 bits per heavy atom. The van der Waals surface area contributed by atoms with Crippen LogP contribution in [0, 0.1) is 19.7 Å². The summed E-state index contributed by atoms with van der Waals surface area (Å²) in [5.41, 5.74) is 2.80. The first-order valence-electron chi connectivity index (χ1n) is 7.44. The molecule has 126 valence electrons. The fraction of sp³-hybridized carbons (Fsp3) is 0.222. The highest BCUT2D eigenvalue weighted by atomic mass is 32.2. The quantitative estimate of drug-likeness (QED) is 0.837. The number of carbonyl (C=O) groups excluding carboxylic acids is 2. The Kier molecular flexibility index (Phi) is 6.37. The lowest BCUT2D eigenvalue weighted by Crippen LogP contribution is -2.19. The molecule has 0 radical (unpaired) electrons. The molecule has 0 aliphatic rings. The van der Waals surface area contributed by atoms with Gasteiger partial charge in [0.1, 0.15) is 5.82 Å². The largest absolute Gasteiger partial charge is 0.325 e. The molecule has 0 spiro atoms. The third-order valence-electron chi connectivity index (χ3n) is 3.16. The molecular formula is C18H19FN2O2S. The summed E-state index contributed by atoms with van der Waals surface area (Å²) in [6.07, 6.45) is 0. The molecule has 2 aromatic rings. The maximum atomic E-state index is 13.6. The van der Waals surface area contributed by atoms with E-state index in [4.69, 9.17) is 0 Å². The van der Waals surface area contributed by atoms with E-state index in [1.165, 1.54) is 17.8 Å². The lowest BCUT2D eigenvalue weighted by Gasteiger charge is -2.08. The van der Waals surface area contributed by atoms with Crippen LogP contribution in [0.5, 0.6) is 0 Å². The molecule has 2 rings (SSSR count). The Morgan fingerprint density at radius 2 is 1.62 bits per heavy atom. The molecule has 0 saturated heterocycles. The molecule has 0 saturated carbocycles. The summed E-state index contributed by atoms with van der Waals surface area (Å²) in [5, 5.41) is 5.29. The number of aryl methyl sites for hydroxylation is 2. The molecule has 2 amide bonds. The number of benzene rings is 2. The van der Waals surface area contributed by atoms with Gasteiger partial charge in [-0.05, 0) is 49.2 Å². The highest BCUT2D eigenvalue weighted by Gasteiger charge is 2.09. The van der Waals surface area contributed by atoms with Crippen molar-refractivity contribution in [1.29, 1.82) is 0 Å². The van der Waals surface area contributed by atoms with E-state index in [2.05, 4.69) is 10.6 Å². The minimum absolute atomic E-state index is 0.0780. The van der Waals surface area contributed by atoms with Gasteiger partial charge in [-0.3, -0.25) is 9.59 Å². The lowest BCUT2D eigenvalue weighted by atomic mass is 10.2. The van der Waals surface area contributed by atoms with E-state index >= 15 is 0 Å². The van der Waals surface area contributed by atoms with Crippen LogP contribution in [0.2, 0.25) is 0 Å². The molecule has 0 bridgehead atoms. The fourth-order valence-electron chi connectivity index (χ4n) is 2.08. The van der Waals surface area contributed by atoms with Gasteiger partial charge in [0.05, 0.1) is 17.2 Å². The number of thioether (sulfide) groups is 1. The monoisotopic (exact) mass is 346 g/mol. The van der Waals surface area contributed by atoms with Crippen molar-refractivity contribution in [2.24, 2.45) is 0 Å². The highest BCUT2D eigenvalue weighted by molar-refractivity contribution is 8.00. The Bertz CT molecular complexity index is 750. The molecule has 0 aromatic heterocycles. The zero-order valence-corrected chi connectivity index (χ0v) is 14.4. The van der Waals surface area contributed by atoms with Gasteiger partial charge in [-0.25, -0.2) is 4.39 Å². The molecule has 2 N–H and O–H groups in total. The van der Waals surface area contributed by atoms with E-state index in [-0.39, 0.29) is 29.0 Å². The second-order valence-corrected chi connectivity index (χ2v) is 6.43. The van der Waals surface area contributed by atoms with Gasteiger partial charge in [0.25, 0.3) is 0 Å². The van der Waals surface area contributed by atoms with Gasteiger partial charge in [0, 0.05) is 5.69 Å². The second-order valence-electron chi connectivity index (χ2n) is 5.44. The van der Waals surface area contributed by atoms with Gasteiger partial charge >= 0.3 is 0 Å². The summed E-state index contributed by atoms with van der Waals surface area (Å²) in [7, 11) is 0. The number of hydrogen-bond donors (Lipinski definition) is 2. The van der Waals surface area contributed by atoms with E-state index in [9.17, 15) is 14.0 Å². The van der Waals surface area contributed by atoms with Crippen LogP contribution in [0.25, 0.3) is 0 Å². The normalized spacial score (nSPS) is 10.3. The summed E-state index contributed by atoms with van der Waals surface area (Å²) in [6.45, 7) is 3.76. The van der Waals surface area contributed by atoms with Crippen LogP contribution in [0.15, 0.2) is 42.5 Å². The first kappa shape index (κ1) is 18.0. The average molecular weight is 346 g/mol. The van der Waals surface area contributed by atoms with E-state index < -0.39 is 5.82 Å². The molecule has 0 heterocycles. The van der Waals surface area contributed by atoms with Crippen molar-refractivity contribution in [3.8, 4) is 0 Å². The summed E-state index contributed by atoms with van der Waals surface area (Å²) < 4.78 is 13.6. The third-order valence-corrected chi connectivity index (χ3v) is 4.10. The fourth-order valence-corrected chi connectivity index (χ4v) is 2.69. The number of halogens is 1. The molecule has 0 aliphatic carbocycles. The smallest absolute Gasteiger partial charge is 0.234 e. The first-order valence-corrected chi connectivity index (χ1v) is 8.60. The Morgan fingerprint density at radius 3 is 2.33 bits per heavy atom. The number of anilines is 2. The molecule has 0 fully saturated rings. The summed E-state index contributed by atoms with van der Waals surface area (Å²) >= 11 is 1.18. The number of rotatable bonds is 6. The van der Waals surface area contributed by atoms with Crippen molar-refractivity contribution in [2.45, 2.75) is 13.8 Å². The highest BCUT2D eigenvalue weighted by Crippen LogP contribution is 2.16. The molecule has 0 atom stereocenters. The van der Waals surface area contributed by atoms with Gasteiger partial charge < -0.3 is 10.6 Å². The standard InChI is InChI=1S/C18H19FN2O2S/c1-12-4-3-5-14(8-12)20-17(22)10-24-11-18(23)21-16-9-13(2)6-7-15(16)19/h3-9H,10-11H2,1-2H3,(H,20,22)(H,21,23). The maximum absolute atomic E-state index is 13.6. The molecule has 2 aromatic carbocycles. The van der Waals surface area contributed by atoms with Crippen LogP contribution in [0.3, 0.4) is 0 Å². The third kappa shape index (κ3) is 5.70. The van der Waals surface area contributed by atoms with Crippen molar-refractivity contribution >= 4 is 35.0 Å². The SMILES string of the molecule is Cc1cccc(NC(=O)CSCC(=O)Nc2cc(C)ccc2F)c1. The van der Waals surface area contributed by atoms with E-state index in [1.807, 2.05) is 38.1 Å². The predicted octanol–water partition coefficient (Wildman–Crippen LogP) is 3.75. The Labute approximate surface area is 144 Å². The molecule has 0 unspecified atom stereocenters. The summed E-state index contributed by atoms with van der Waals surface area (Å²) in [4.78, 5) is 23.7. The minimum Gasteiger partial charge on any atom is -0.325 e. The maximum Gasteiger partial charge on any atom is 0.234 e. The molecule has 6 heteroatoms. The van der Waals surface area contributed by atoms with Crippen LogP contribution in [0.1, 0.15) is 11.1 Å². The van der Waals surface area contributed by atoms with E-state index in [0.717, 1.165) is 16.8 Å². The first-order chi connectivity index (χ1) is 11.4. The number of carbonyl (C=O) groups is 2. The number of hydrogen-bond acceptors (Lipinski definition) is 3. The van der Waals surface area contributed by atoms with Gasteiger partial charge in [-0.15, -0.1) is 11.8 Å². The molecular weight excluding hydrogens is 327 g/mol.